The Kier molecular flexibility index (Phi) is 4.99. The summed E-state index contributed by atoms with van der Waals surface area (Å²) in [4.78, 5) is 12.5. The number of benzene rings is 2. The molecule has 0 bridgehead atoms. The Labute approximate surface area is 149 Å². The lowest BCUT2D eigenvalue weighted by molar-refractivity contribution is 0.102. The fourth-order valence-corrected chi connectivity index (χ4v) is 3.54. The van der Waals surface area contributed by atoms with E-state index in [0.717, 1.165) is 0 Å². The highest BCUT2D eigenvalue weighted by atomic mass is 32.2. The standard InChI is InChI=1S/C16H14F3N3O3S/c1-7(23)15-21-12-3-2-8(4-13(12)26(25)22-15)16(24)20-9-5-10(17)14(19)11(18)6-9/h2-7,15,21-23H,1H3,(H,20,24). The molecule has 0 saturated heterocycles. The number of fused-ring (bicyclic) bond motifs is 1. The molecule has 4 N–H and O–H groups in total. The van der Waals surface area contributed by atoms with Crippen molar-refractivity contribution in [3.8, 4) is 0 Å². The van der Waals surface area contributed by atoms with Crippen LogP contribution in [0.2, 0.25) is 0 Å². The van der Waals surface area contributed by atoms with Gasteiger partial charge in [-0.1, -0.05) is 0 Å². The Hall–Kier alpha value is -2.43. The van der Waals surface area contributed by atoms with Crippen LogP contribution in [-0.2, 0) is 11.0 Å². The van der Waals surface area contributed by atoms with Crippen molar-refractivity contribution in [2.24, 2.45) is 0 Å². The molecule has 26 heavy (non-hydrogen) atoms. The van der Waals surface area contributed by atoms with Crippen LogP contribution >= 0.6 is 0 Å². The highest BCUT2D eigenvalue weighted by Crippen LogP contribution is 2.26. The van der Waals surface area contributed by atoms with Gasteiger partial charge in [-0.15, -0.1) is 0 Å². The van der Waals surface area contributed by atoms with Crippen LogP contribution in [0.5, 0.6) is 0 Å². The van der Waals surface area contributed by atoms with Gasteiger partial charge in [0.15, 0.2) is 17.5 Å². The van der Waals surface area contributed by atoms with Gasteiger partial charge in [-0.3, -0.25) is 4.79 Å². The summed E-state index contributed by atoms with van der Waals surface area (Å²) in [5.74, 6) is -5.20. The molecule has 138 valence electrons. The largest absolute Gasteiger partial charge is 0.390 e. The molecular weight excluding hydrogens is 371 g/mol. The average Bonchev–Trinajstić information content (AvgIpc) is 2.59. The van der Waals surface area contributed by atoms with Gasteiger partial charge in [-0.25, -0.2) is 22.1 Å². The Balaban J connectivity index is 1.84. The molecule has 0 radical (unpaired) electrons. The highest BCUT2D eigenvalue weighted by molar-refractivity contribution is 7.83. The predicted octanol–water partition coefficient (Wildman–Crippen LogP) is 2.10. The zero-order valence-electron chi connectivity index (χ0n) is 13.3. The molecule has 1 amide bonds. The van der Waals surface area contributed by atoms with Gasteiger partial charge < -0.3 is 15.7 Å². The quantitative estimate of drug-likeness (QED) is 0.609. The number of aliphatic hydroxyl groups is 1. The van der Waals surface area contributed by atoms with Gasteiger partial charge in [0.2, 0.25) is 0 Å². The molecular formula is C16H14F3N3O3S. The maximum atomic E-state index is 13.2. The molecule has 1 heterocycles. The molecule has 10 heteroatoms. The SMILES string of the molecule is CC(O)C1Nc2ccc(C(=O)Nc3cc(F)c(F)c(F)c3)cc2S(=O)N1. The summed E-state index contributed by atoms with van der Waals surface area (Å²) in [6.07, 6.45) is -1.42. The first-order valence-electron chi connectivity index (χ1n) is 7.48. The van der Waals surface area contributed by atoms with Crippen molar-refractivity contribution in [2.45, 2.75) is 24.1 Å². The highest BCUT2D eigenvalue weighted by Gasteiger charge is 2.26. The summed E-state index contributed by atoms with van der Waals surface area (Å²) in [7, 11) is -1.67. The van der Waals surface area contributed by atoms with Crippen LogP contribution in [0.3, 0.4) is 0 Å². The van der Waals surface area contributed by atoms with Crippen LogP contribution in [0.25, 0.3) is 0 Å². The van der Waals surface area contributed by atoms with Gasteiger partial charge in [0.1, 0.15) is 17.2 Å². The summed E-state index contributed by atoms with van der Waals surface area (Å²) < 4.78 is 54.3. The van der Waals surface area contributed by atoms with E-state index in [1.807, 2.05) is 0 Å². The van der Waals surface area contributed by atoms with Gasteiger partial charge in [0.25, 0.3) is 5.91 Å². The second-order valence-corrected chi connectivity index (χ2v) is 6.88. The number of rotatable bonds is 3. The van der Waals surface area contributed by atoms with Gasteiger partial charge in [-0.05, 0) is 25.1 Å². The molecule has 0 aliphatic carbocycles. The van der Waals surface area contributed by atoms with Crippen molar-refractivity contribution in [1.29, 1.82) is 0 Å². The number of hydrogen-bond donors (Lipinski definition) is 4. The summed E-state index contributed by atoms with van der Waals surface area (Å²) in [6.45, 7) is 1.52. The number of hydrogen-bond acceptors (Lipinski definition) is 4. The zero-order valence-corrected chi connectivity index (χ0v) is 14.2. The van der Waals surface area contributed by atoms with E-state index in [4.69, 9.17) is 0 Å². The maximum Gasteiger partial charge on any atom is 0.255 e. The third-order valence-corrected chi connectivity index (χ3v) is 4.92. The van der Waals surface area contributed by atoms with Gasteiger partial charge in [0, 0.05) is 23.4 Å². The smallest absolute Gasteiger partial charge is 0.255 e. The van der Waals surface area contributed by atoms with E-state index >= 15 is 0 Å². The van der Waals surface area contributed by atoms with Gasteiger partial charge in [-0.2, -0.15) is 0 Å². The molecule has 0 spiro atoms. The van der Waals surface area contributed by atoms with Crippen LogP contribution in [0.4, 0.5) is 24.5 Å². The van der Waals surface area contributed by atoms with E-state index in [1.54, 1.807) is 0 Å². The number of halogens is 3. The summed E-state index contributed by atoms with van der Waals surface area (Å²) >= 11 is 0. The number of anilines is 2. The van der Waals surface area contributed by atoms with E-state index in [2.05, 4.69) is 15.4 Å². The lowest BCUT2D eigenvalue weighted by Gasteiger charge is -2.29. The Morgan fingerprint density at radius 1 is 1.23 bits per heavy atom. The average molecular weight is 385 g/mol. The number of nitrogens with one attached hydrogen (secondary N) is 3. The van der Waals surface area contributed by atoms with Crippen LogP contribution in [0.15, 0.2) is 35.2 Å². The number of amides is 1. The fourth-order valence-electron chi connectivity index (χ4n) is 2.36. The van der Waals surface area contributed by atoms with E-state index in [-0.39, 0.29) is 16.1 Å². The van der Waals surface area contributed by atoms with Gasteiger partial charge in [0.05, 0.1) is 16.7 Å². The normalized spacial score (nSPS) is 20.0. The minimum atomic E-state index is -1.67. The van der Waals surface area contributed by atoms with Crippen molar-refractivity contribution in [1.82, 2.24) is 4.72 Å². The topological polar surface area (TPSA) is 90.5 Å². The number of carbonyl (C=O) groups is 1. The van der Waals surface area contributed by atoms with Crippen molar-refractivity contribution in [3.05, 3.63) is 53.3 Å². The van der Waals surface area contributed by atoms with Crippen LogP contribution < -0.4 is 15.4 Å². The van der Waals surface area contributed by atoms with E-state index in [9.17, 15) is 27.3 Å². The second kappa shape index (κ2) is 7.06. The second-order valence-electron chi connectivity index (χ2n) is 5.67. The van der Waals surface area contributed by atoms with Crippen molar-refractivity contribution in [2.75, 3.05) is 10.6 Å². The molecule has 0 saturated carbocycles. The van der Waals surface area contributed by atoms with Crippen LogP contribution in [0.1, 0.15) is 17.3 Å². The number of carbonyl (C=O) groups excluding carboxylic acids is 1. The lowest BCUT2D eigenvalue weighted by Crippen LogP contribution is -2.48. The molecule has 1 aliphatic rings. The first-order chi connectivity index (χ1) is 12.3. The fraction of sp³-hybridized carbons (Fsp3) is 0.188. The van der Waals surface area contributed by atoms with Crippen molar-refractivity contribution < 1.29 is 27.3 Å². The van der Waals surface area contributed by atoms with Crippen LogP contribution in [-0.4, -0.2) is 27.5 Å². The Morgan fingerprint density at radius 3 is 2.50 bits per heavy atom. The number of aliphatic hydroxyl groups excluding tert-OH is 1. The van der Waals surface area contributed by atoms with E-state index in [0.29, 0.717) is 17.8 Å². The molecule has 6 nitrogen and oxygen atoms in total. The molecule has 0 aromatic heterocycles. The van der Waals surface area contributed by atoms with Crippen LogP contribution in [0, 0.1) is 17.5 Å². The van der Waals surface area contributed by atoms with Crippen molar-refractivity contribution in [3.63, 3.8) is 0 Å². The Morgan fingerprint density at radius 2 is 1.88 bits per heavy atom. The molecule has 3 rings (SSSR count). The van der Waals surface area contributed by atoms with E-state index in [1.165, 1.54) is 25.1 Å². The molecule has 3 atom stereocenters. The third-order valence-electron chi connectivity index (χ3n) is 3.71. The summed E-state index contributed by atoms with van der Waals surface area (Å²) in [6, 6.07) is 5.57. The molecule has 1 aliphatic heterocycles. The lowest BCUT2D eigenvalue weighted by atomic mass is 10.1. The molecule has 0 fully saturated rings. The van der Waals surface area contributed by atoms with E-state index < -0.39 is 46.6 Å². The monoisotopic (exact) mass is 385 g/mol. The minimum absolute atomic E-state index is 0.0846. The first kappa shape index (κ1) is 18.4. The van der Waals surface area contributed by atoms with Crippen molar-refractivity contribution >= 4 is 28.3 Å². The maximum absolute atomic E-state index is 13.2. The molecule has 2 aromatic carbocycles. The summed E-state index contributed by atoms with van der Waals surface area (Å²) in [5.41, 5.74) is 0.306. The minimum Gasteiger partial charge on any atom is -0.390 e. The van der Waals surface area contributed by atoms with Gasteiger partial charge >= 0.3 is 0 Å². The Bertz CT molecular complexity index is 885. The first-order valence-corrected chi connectivity index (χ1v) is 8.63. The molecule has 2 aromatic rings. The third kappa shape index (κ3) is 3.57. The predicted molar refractivity (Wildman–Crippen MR) is 89.3 cm³/mol. The zero-order chi connectivity index (χ0) is 19.0. The molecule has 3 unspecified atom stereocenters. The summed E-state index contributed by atoms with van der Waals surface area (Å²) in [5, 5.41) is 14.8.